The summed E-state index contributed by atoms with van der Waals surface area (Å²) in [5, 5.41) is 11.3. The van der Waals surface area contributed by atoms with Crippen molar-refractivity contribution in [2.24, 2.45) is 0 Å². The number of thiophene rings is 1. The highest BCUT2D eigenvalue weighted by atomic mass is 32.1. The zero-order valence-electron chi connectivity index (χ0n) is 9.89. The summed E-state index contributed by atoms with van der Waals surface area (Å²) >= 11 is 1.38. The van der Waals surface area contributed by atoms with Crippen molar-refractivity contribution in [3.05, 3.63) is 58.0 Å². The van der Waals surface area contributed by atoms with Gasteiger partial charge in [0.05, 0.1) is 0 Å². The lowest BCUT2D eigenvalue weighted by molar-refractivity contribution is -0.143. The van der Waals surface area contributed by atoms with Gasteiger partial charge >= 0.3 is 5.97 Å². The minimum Gasteiger partial charge on any atom is -0.481 e. The highest BCUT2D eigenvalue weighted by Crippen LogP contribution is 2.32. The molecule has 94 valence electrons. The second-order valence-electron chi connectivity index (χ2n) is 4.38. The molecule has 1 aromatic heterocycles. The maximum absolute atomic E-state index is 13.6. The van der Waals surface area contributed by atoms with Gasteiger partial charge in [-0.3, -0.25) is 4.79 Å². The molecule has 4 heteroatoms. The van der Waals surface area contributed by atoms with Crippen LogP contribution in [0.1, 0.15) is 17.4 Å². The molecule has 2 aromatic rings. The molecule has 0 saturated carbocycles. The maximum Gasteiger partial charge on any atom is 0.315 e. The van der Waals surface area contributed by atoms with Gasteiger partial charge in [0.1, 0.15) is 11.2 Å². The fraction of sp³-hybridized carbons (Fsp3) is 0.214. The van der Waals surface area contributed by atoms with E-state index in [1.165, 1.54) is 17.4 Å². The standard InChI is InChI=1S/C14H13FO2S/c1-14(13(16)17,12-7-4-8-18-12)9-10-5-2-3-6-11(10)15/h2-8H,9H2,1H3,(H,16,17). The molecule has 0 saturated heterocycles. The Hall–Kier alpha value is -1.68. The first kappa shape index (κ1) is 12.8. The van der Waals surface area contributed by atoms with E-state index in [-0.39, 0.29) is 12.2 Å². The molecule has 18 heavy (non-hydrogen) atoms. The van der Waals surface area contributed by atoms with Crippen LogP contribution in [0.5, 0.6) is 0 Å². The largest absolute Gasteiger partial charge is 0.481 e. The Balaban J connectivity index is 2.39. The first-order valence-corrected chi connectivity index (χ1v) is 6.43. The molecule has 1 unspecified atom stereocenters. The Morgan fingerprint density at radius 1 is 1.33 bits per heavy atom. The highest BCUT2D eigenvalue weighted by molar-refractivity contribution is 7.10. The lowest BCUT2D eigenvalue weighted by Gasteiger charge is -2.23. The molecule has 0 radical (unpaired) electrons. The summed E-state index contributed by atoms with van der Waals surface area (Å²) in [6, 6.07) is 9.88. The molecule has 1 atom stereocenters. The minimum absolute atomic E-state index is 0.148. The summed E-state index contributed by atoms with van der Waals surface area (Å²) < 4.78 is 13.6. The maximum atomic E-state index is 13.6. The van der Waals surface area contributed by atoms with Crippen LogP contribution in [-0.4, -0.2) is 11.1 Å². The van der Waals surface area contributed by atoms with E-state index in [4.69, 9.17) is 0 Å². The van der Waals surface area contributed by atoms with Crippen LogP contribution in [0.2, 0.25) is 0 Å². The van der Waals surface area contributed by atoms with Gasteiger partial charge in [-0.15, -0.1) is 11.3 Å². The topological polar surface area (TPSA) is 37.3 Å². The van der Waals surface area contributed by atoms with E-state index in [0.29, 0.717) is 5.56 Å². The molecule has 0 bridgehead atoms. The van der Waals surface area contributed by atoms with Crippen LogP contribution in [-0.2, 0) is 16.6 Å². The molecule has 1 N–H and O–H groups in total. The number of aliphatic carboxylic acids is 1. The van der Waals surface area contributed by atoms with Gasteiger partial charge in [-0.25, -0.2) is 4.39 Å². The van der Waals surface area contributed by atoms with E-state index in [2.05, 4.69) is 0 Å². The van der Waals surface area contributed by atoms with E-state index in [1.54, 1.807) is 31.2 Å². The zero-order chi connectivity index (χ0) is 13.2. The van der Waals surface area contributed by atoms with Crippen LogP contribution >= 0.6 is 11.3 Å². The third kappa shape index (κ3) is 2.29. The summed E-state index contributed by atoms with van der Waals surface area (Å²) in [5.41, 5.74) is -0.660. The molecule has 1 heterocycles. The van der Waals surface area contributed by atoms with Crippen molar-refractivity contribution >= 4 is 17.3 Å². The lowest BCUT2D eigenvalue weighted by Crippen LogP contribution is -2.34. The Bertz CT molecular complexity index is 551. The second-order valence-corrected chi connectivity index (χ2v) is 5.33. The lowest BCUT2D eigenvalue weighted by atomic mass is 9.82. The van der Waals surface area contributed by atoms with Crippen molar-refractivity contribution in [1.29, 1.82) is 0 Å². The quantitative estimate of drug-likeness (QED) is 0.918. The molecule has 0 amide bonds. The van der Waals surface area contributed by atoms with Crippen LogP contribution in [0.3, 0.4) is 0 Å². The molecule has 0 aliphatic carbocycles. The van der Waals surface area contributed by atoms with E-state index < -0.39 is 11.4 Å². The van der Waals surface area contributed by atoms with Crippen molar-refractivity contribution in [2.45, 2.75) is 18.8 Å². The van der Waals surface area contributed by atoms with Crippen LogP contribution in [0.25, 0.3) is 0 Å². The van der Waals surface area contributed by atoms with Crippen molar-refractivity contribution in [2.75, 3.05) is 0 Å². The number of hydrogen-bond acceptors (Lipinski definition) is 2. The predicted molar refractivity (Wildman–Crippen MR) is 69.4 cm³/mol. The van der Waals surface area contributed by atoms with Gasteiger partial charge in [0.15, 0.2) is 0 Å². The molecule has 0 aliphatic rings. The average molecular weight is 264 g/mol. The van der Waals surface area contributed by atoms with Gasteiger partial charge in [-0.2, -0.15) is 0 Å². The average Bonchev–Trinajstić information content (AvgIpc) is 2.86. The van der Waals surface area contributed by atoms with Crippen LogP contribution in [0.4, 0.5) is 4.39 Å². The van der Waals surface area contributed by atoms with Gasteiger partial charge < -0.3 is 5.11 Å². The Kier molecular flexibility index (Phi) is 3.48. The Morgan fingerprint density at radius 2 is 2.06 bits per heavy atom. The molecule has 2 rings (SSSR count). The first-order valence-electron chi connectivity index (χ1n) is 5.55. The molecule has 1 aromatic carbocycles. The van der Waals surface area contributed by atoms with Crippen LogP contribution in [0.15, 0.2) is 41.8 Å². The number of rotatable bonds is 4. The summed E-state index contributed by atoms with van der Waals surface area (Å²) in [4.78, 5) is 12.3. The first-order chi connectivity index (χ1) is 8.54. The second kappa shape index (κ2) is 4.90. The Morgan fingerprint density at radius 3 is 2.61 bits per heavy atom. The normalized spacial score (nSPS) is 14.1. The number of carboxylic acids is 1. The number of benzene rings is 1. The van der Waals surface area contributed by atoms with E-state index in [9.17, 15) is 14.3 Å². The van der Waals surface area contributed by atoms with E-state index in [0.717, 1.165) is 4.88 Å². The summed E-state index contributed by atoms with van der Waals surface area (Å²) in [7, 11) is 0. The summed E-state index contributed by atoms with van der Waals surface area (Å²) in [6.07, 6.45) is 0.148. The van der Waals surface area contributed by atoms with Gasteiger partial charge in [-0.05, 0) is 36.4 Å². The monoisotopic (exact) mass is 264 g/mol. The van der Waals surface area contributed by atoms with Crippen molar-refractivity contribution in [1.82, 2.24) is 0 Å². The zero-order valence-corrected chi connectivity index (χ0v) is 10.7. The number of carboxylic acid groups (broad SMARTS) is 1. The number of hydrogen-bond donors (Lipinski definition) is 1. The van der Waals surface area contributed by atoms with E-state index >= 15 is 0 Å². The Labute approximate surface area is 109 Å². The minimum atomic E-state index is -1.09. The van der Waals surface area contributed by atoms with Gasteiger partial charge in [0.2, 0.25) is 0 Å². The molecule has 2 nitrogen and oxygen atoms in total. The fourth-order valence-electron chi connectivity index (χ4n) is 1.88. The predicted octanol–water partition coefficient (Wildman–Crippen LogP) is 3.47. The molecule has 0 spiro atoms. The molecular weight excluding hydrogens is 251 g/mol. The van der Waals surface area contributed by atoms with Crippen molar-refractivity contribution in [3.63, 3.8) is 0 Å². The summed E-state index contributed by atoms with van der Waals surface area (Å²) in [6.45, 7) is 1.63. The van der Waals surface area contributed by atoms with Gasteiger partial charge in [-0.1, -0.05) is 24.3 Å². The number of halogens is 1. The molecular formula is C14H13FO2S. The fourth-order valence-corrected chi connectivity index (χ4v) is 2.76. The molecule has 0 fully saturated rings. The van der Waals surface area contributed by atoms with Crippen LogP contribution in [0, 0.1) is 5.82 Å². The van der Waals surface area contributed by atoms with Gasteiger partial charge in [0, 0.05) is 4.88 Å². The highest BCUT2D eigenvalue weighted by Gasteiger charge is 2.37. The smallest absolute Gasteiger partial charge is 0.315 e. The third-order valence-corrected chi connectivity index (χ3v) is 4.17. The van der Waals surface area contributed by atoms with Crippen LogP contribution < -0.4 is 0 Å². The summed E-state index contributed by atoms with van der Waals surface area (Å²) in [5.74, 6) is -1.30. The third-order valence-electron chi connectivity index (χ3n) is 3.04. The number of carbonyl (C=O) groups is 1. The molecule has 0 aliphatic heterocycles. The van der Waals surface area contributed by atoms with Crippen molar-refractivity contribution < 1.29 is 14.3 Å². The van der Waals surface area contributed by atoms with Gasteiger partial charge in [0.25, 0.3) is 0 Å². The van der Waals surface area contributed by atoms with Crippen molar-refractivity contribution in [3.8, 4) is 0 Å². The SMILES string of the molecule is CC(Cc1ccccc1F)(C(=O)O)c1cccs1. The van der Waals surface area contributed by atoms with E-state index in [1.807, 2.05) is 11.4 Å².